The lowest BCUT2D eigenvalue weighted by Crippen LogP contribution is -2.14. The van der Waals surface area contributed by atoms with Gasteiger partial charge in [-0.3, -0.25) is 0 Å². The first-order valence-electron chi connectivity index (χ1n) is 4.32. The van der Waals surface area contributed by atoms with Crippen LogP contribution in [0.2, 0.25) is 0 Å². The lowest BCUT2D eigenvalue weighted by atomic mass is 9.90. The van der Waals surface area contributed by atoms with E-state index < -0.39 is 0 Å². The average Bonchev–Trinajstić information content (AvgIpc) is 2.17. The first kappa shape index (κ1) is 8.06. The van der Waals surface area contributed by atoms with Gasteiger partial charge in [-0.25, -0.2) is 0 Å². The zero-order valence-electron chi connectivity index (χ0n) is 7.42. The van der Waals surface area contributed by atoms with E-state index in [0.29, 0.717) is 12.2 Å². The van der Waals surface area contributed by atoms with Crippen molar-refractivity contribution in [1.29, 1.82) is 0 Å². The van der Waals surface area contributed by atoms with Crippen molar-refractivity contribution in [3.63, 3.8) is 0 Å². The summed E-state index contributed by atoms with van der Waals surface area (Å²) in [4.78, 5) is 0. The molecule has 1 rings (SSSR count). The van der Waals surface area contributed by atoms with Crippen LogP contribution >= 0.6 is 0 Å². The van der Waals surface area contributed by atoms with E-state index >= 15 is 0 Å². The summed E-state index contributed by atoms with van der Waals surface area (Å²) in [5.74, 6) is 1.49. The lowest BCUT2D eigenvalue weighted by molar-refractivity contribution is 0.0393. The average molecular weight is 142 g/mol. The Morgan fingerprint density at radius 2 is 1.70 bits per heavy atom. The summed E-state index contributed by atoms with van der Waals surface area (Å²) >= 11 is 0. The highest BCUT2D eigenvalue weighted by Crippen LogP contribution is 2.32. The van der Waals surface area contributed by atoms with Gasteiger partial charge in [-0.05, 0) is 25.2 Å². The fourth-order valence-electron chi connectivity index (χ4n) is 1.76. The molecule has 0 amide bonds. The third kappa shape index (κ3) is 1.20. The molecule has 0 aromatic carbocycles. The molecule has 10 heavy (non-hydrogen) atoms. The van der Waals surface area contributed by atoms with E-state index in [1.807, 2.05) is 0 Å². The summed E-state index contributed by atoms with van der Waals surface area (Å²) in [7, 11) is 0. The highest BCUT2D eigenvalue weighted by Gasteiger charge is 2.34. The Hall–Kier alpha value is -0.0400. The molecule has 1 aliphatic heterocycles. The summed E-state index contributed by atoms with van der Waals surface area (Å²) in [6, 6.07) is 0. The van der Waals surface area contributed by atoms with Crippen molar-refractivity contribution < 1.29 is 4.74 Å². The van der Waals surface area contributed by atoms with Crippen LogP contribution in [-0.4, -0.2) is 12.2 Å². The Bertz CT molecular complexity index is 111. The van der Waals surface area contributed by atoms with Crippen molar-refractivity contribution >= 4 is 0 Å². The molecular weight excluding hydrogens is 124 g/mol. The minimum Gasteiger partial charge on any atom is -0.375 e. The standard InChI is InChI=1S/C9H18O/c1-5-9-7(3)6(2)8(4)10-9/h6-9H,5H2,1-4H3/t6-,7?,8?,9+/m1/s1. The van der Waals surface area contributed by atoms with E-state index in [9.17, 15) is 0 Å². The molecule has 60 valence electrons. The third-order valence-electron chi connectivity index (χ3n) is 2.95. The molecule has 0 spiro atoms. The SMILES string of the molecule is CC[C@@H]1OC(C)[C@H](C)C1C. The topological polar surface area (TPSA) is 9.23 Å². The molecule has 0 saturated carbocycles. The summed E-state index contributed by atoms with van der Waals surface area (Å²) in [6.07, 6.45) is 2.15. The molecule has 0 aromatic rings. The second-order valence-corrected chi connectivity index (χ2v) is 3.51. The maximum Gasteiger partial charge on any atom is 0.0605 e. The van der Waals surface area contributed by atoms with Crippen LogP contribution in [0.4, 0.5) is 0 Å². The Labute approximate surface area is 63.8 Å². The monoisotopic (exact) mass is 142 g/mol. The highest BCUT2D eigenvalue weighted by molar-refractivity contribution is 4.82. The van der Waals surface area contributed by atoms with Crippen molar-refractivity contribution in [1.82, 2.24) is 0 Å². The quantitative estimate of drug-likeness (QED) is 0.546. The van der Waals surface area contributed by atoms with Gasteiger partial charge in [-0.15, -0.1) is 0 Å². The smallest absolute Gasteiger partial charge is 0.0605 e. The minimum atomic E-state index is 0.472. The fraction of sp³-hybridized carbons (Fsp3) is 1.00. The Balaban J connectivity index is 2.53. The molecule has 0 radical (unpaired) electrons. The van der Waals surface area contributed by atoms with E-state index in [1.165, 1.54) is 0 Å². The fourth-order valence-corrected chi connectivity index (χ4v) is 1.76. The molecule has 0 bridgehead atoms. The molecule has 1 nitrogen and oxygen atoms in total. The van der Waals surface area contributed by atoms with Crippen molar-refractivity contribution in [2.75, 3.05) is 0 Å². The number of ether oxygens (including phenoxy) is 1. The molecule has 1 aliphatic rings. The Morgan fingerprint density at radius 3 is 1.90 bits per heavy atom. The van der Waals surface area contributed by atoms with Gasteiger partial charge in [0, 0.05) is 0 Å². The molecule has 0 aliphatic carbocycles. The second-order valence-electron chi connectivity index (χ2n) is 3.51. The molecule has 1 heterocycles. The maximum absolute atomic E-state index is 5.73. The van der Waals surface area contributed by atoms with Crippen LogP contribution in [0.25, 0.3) is 0 Å². The summed E-state index contributed by atoms with van der Waals surface area (Å²) in [5.41, 5.74) is 0. The van der Waals surface area contributed by atoms with Gasteiger partial charge in [0.25, 0.3) is 0 Å². The summed E-state index contributed by atoms with van der Waals surface area (Å²) in [5, 5.41) is 0. The first-order chi connectivity index (χ1) is 4.66. The second kappa shape index (κ2) is 2.91. The van der Waals surface area contributed by atoms with E-state index in [4.69, 9.17) is 4.74 Å². The molecular formula is C9H18O. The van der Waals surface area contributed by atoms with Gasteiger partial charge in [-0.1, -0.05) is 20.8 Å². The Morgan fingerprint density at radius 1 is 1.10 bits per heavy atom. The van der Waals surface area contributed by atoms with Crippen molar-refractivity contribution in [2.24, 2.45) is 11.8 Å². The zero-order chi connectivity index (χ0) is 7.72. The number of rotatable bonds is 1. The molecule has 0 N–H and O–H groups in total. The molecule has 0 aromatic heterocycles. The zero-order valence-corrected chi connectivity index (χ0v) is 7.42. The Kier molecular flexibility index (Phi) is 2.35. The lowest BCUT2D eigenvalue weighted by Gasteiger charge is -2.12. The van der Waals surface area contributed by atoms with Gasteiger partial charge in [-0.2, -0.15) is 0 Å². The van der Waals surface area contributed by atoms with E-state index in [0.717, 1.165) is 18.3 Å². The molecule has 2 unspecified atom stereocenters. The normalized spacial score (nSPS) is 48.0. The minimum absolute atomic E-state index is 0.472. The van der Waals surface area contributed by atoms with Crippen molar-refractivity contribution in [2.45, 2.75) is 46.3 Å². The van der Waals surface area contributed by atoms with Gasteiger partial charge >= 0.3 is 0 Å². The van der Waals surface area contributed by atoms with Gasteiger partial charge in [0.1, 0.15) is 0 Å². The van der Waals surface area contributed by atoms with E-state index in [1.54, 1.807) is 0 Å². The van der Waals surface area contributed by atoms with Crippen LogP contribution in [0, 0.1) is 11.8 Å². The van der Waals surface area contributed by atoms with Crippen LogP contribution in [-0.2, 0) is 4.74 Å². The highest BCUT2D eigenvalue weighted by atomic mass is 16.5. The molecule has 1 saturated heterocycles. The van der Waals surface area contributed by atoms with Crippen molar-refractivity contribution in [3.05, 3.63) is 0 Å². The predicted octanol–water partition coefficient (Wildman–Crippen LogP) is 2.46. The van der Waals surface area contributed by atoms with E-state index in [2.05, 4.69) is 27.7 Å². The van der Waals surface area contributed by atoms with Crippen LogP contribution in [0.1, 0.15) is 34.1 Å². The number of hydrogen-bond acceptors (Lipinski definition) is 1. The predicted molar refractivity (Wildman–Crippen MR) is 43.0 cm³/mol. The van der Waals surface area contributed by atoms with Crippen LogP contribution in [0.3, 0.4) is 0 Å². The maximum atomic E-state index is 5.73. The van der Waals surface area contributed by atoms with Gasteiger partial charge in [0.2, 0.25) is 0 Å². The largest absolute Gasteiger partial charge is 0.375 e. The van der Waals surface area contributed by atoms with E-state index in [-0.39, 0.29) is 0 Å². The molecule has 1 fully saturated rings. The third-order valence-corrected chi connectivity index (χ3v) is 2.95. The summed E-state index contributed by atoms with van der Waals surface area (Å²) < 4.78 is 5.73. The van der Waals surface area contributed by atoms with Gasteiger partial charge in [0.05, 0.1) is 12.2 Å². The molecule has 4 atom stereocenters. The van der Waals surface area contributed by atoms with Crippen LogP contribution in [0.15, 0.2) is 0 Å². The van der Waals surface area contributed by atoms with Gasteiger partial charge in [0.15, 0.2) is 0 Å². The molecule has 1 heteroatoms. The van der Waals surface area contributed by atoms with Crippen molar-refractivity contribution in [3.8, 4) is 0 Å². The van der Waals surface area contributed by atoms with Crippen LogP contribution in [0.5, 0.6) is 0 Å². The summed E-state index contributed by atoms with van der Waals surface area (Å²) in [6.45, 7) is 8.95. The van der Waals surface area contributed by atoms with Crippen LogP contribution < -0.4 is 0 Å². The number of hydrogen-bond donors (Lipinski definition) is 0. The first-order valence-corrected chi connectivity index (χ1v) is 4.32. The van der Waals surface area contributed by atoms with Gasteiger partial charge < -0.3 is 4.74 Å².